The number of carboxylic acid groups (broad SMARTS) is 1. The second-order valence-electron chi connectivity index (χ2n) is 2.16. The Bertz CT molecular complexity index is 339. The van der Waals surface area contributed by atoms with Crippen LogP contribution in [0.5, 0.6) is 0 Å². The Morgan fingerprint density at radius 1 is 1.40 bits per heavy atom. The van der Waals surface area contributed by atoms with Gasteiger partial charge in [-0.1, -0.05) is 5.43 Å². The Hall–Kier alpha value is -0.664. The normalized spacial score (nSPS) is 23.3. The monoisotopic (exact) mass is 243 g/mol. The molecule has 0 saturated carbocycles. The number of rotatable bonds is 2. The summed E-state index contributed by atoms with van der Waals surface area (Å²) in [5.74, 6) is -6.31. The van der Waals surface area contributed by atoms with Gasteiger partial charge in [-0.2, -0.15) is 5.43 Å². The Balaban J connectivity index is 0.00000196. The van der Waals surface area contributed by atoms with E-state index in [0.29, 0.717) is 0 Å². The zero-order chi connectivity index (χ0) is 10.9. The summed E-state index contributed by atoms with van der Waals surface area (Å²) in [6.45, 7) is 0. The molecule has 0 saturated heterocycles. The van der Waals surface area contributed by atoms with Gasteiger partial charge in [0.2, 0.25) is 0 Å². The predicted octanol–water partition coefficient (Wildman–Crippen LogP) is -6.59. The van der Waals surface area contributed by atoms with E-state index in [0.717, 1.165) is 0 Å². The average Bonchev–Trinajstić information content (AvgIpc) is 2.48. The van der Waals surface area contributed by atoms with E-state index in [1.54, 1.807) is 10.9 Å². The van der Waals surface area contributed by atoms with Crippen LogP contribution in [0.1, 0.15) is 0 Å². The van der Waals surface area contributed by atoms with Gasteiger partial charge in [-0.3, -0.25) is 10.1 Å². The molecule has 0 amide bonds. The summed E-state index contributed by atoms with van der Waals surface area (Å²) in [6, 6.07) is 0. The molecule has 1 unspecified atom stereocenters. The molecular weight excluding hydrogens is 241 g/mol. The van der Waals surface area contributed by atoms with Crippen LogP contribution >= 0.6 is 0 Å². The van der Waals surface area contributed by atoms with Crippen molar-refractivity contribution in [1.29, 1.82) is 0 Å². The number of nitro groups is 2. The van der Waals surface area contributed by atoms with Crippen molar-refractivity contribution in [1.82, 2.24) is 10.9 Å². The Labute approximate surface area is 124 Å². The molecule has 0 aliphatic carbocycles. The number of carbonyl (C=O) groups is 1. The second-order valence-corrected chi connectivity index (χ2v) is 2.16. The maximum absolute atomic E-state index is 10.3. The van der Waals surface area contributed by atoms with Crippen molar-refractivity contribution in [3.05, 3.63) is 20.2 Å². The first-order chi connectivity index (χ1) is 6.40. The number of carboxylic acids is 1. The third-order valence-electron chi connectivity index (χ3n) is 1.34. The number of hydrogen-bond acceptors (Lipinski definition) is 9. The third-order valence-corrected chi connectivity index (χ3v) is 1.34. The first-order valence-electron chi connectivity index (χ1n) is 3.03. The van der Waals surface area contributed by atoms with Gasteiger partial charge in [0.15, 0.2) is 5.97 Å². The van der Waals surface area contributed by atoms with Crippen molar-refractivity contribution in [3.63, 3.8) is 0 Å². The molecule has 2 N–H and O–H groups in total. The maximum atomic E-state index is 10.3. The fraction of sp³-hybridized carbons (Fsp3) is 0.333. The van der Waals surface area contributed by atoms with Crippen LogP contribution in [-0.2, 0) is 4.79 Å². The standard InChI is InChI=1S/C3H3N5O6.K/c9-1(10)3(8(13)14)4-2(5-6-3)7(11)12;/h6H,(H,4,5)(H,9,10);/q;+1/p-1. The van der Waals surface area contributed by atoms with E-state index in [2.05, 4.69) is 4.99 Å². The van der Waals surface area contributed by atoms with Crippen LogP contribution in [0.25, 0.3) is 0 Å². The molecule has 0 spiro atoms. The molecule has 1 aliphatic heterocycles. The topological polar surface area (TPSA) is 163 Å². The minimum Gasteiger partial charge on any atom is -0.539 e. The molecule has 1 rings (SSSR count). The maximum Gasteiger partial charge on any atom is 1.00 e. The van der Waals surface area contributed by atoms with Crippen molar-refractivity contribution >= 4 is 11.9 Å². The van der Waals surface area contributed by atoms with Crippen molar-refractivity contribution in [3.8, 4) is 0 Å². The second kappa shape index (κ2) is 4.91. The molecular formula is C3H2KN5O6. The Kier molecular flexibility index (Phi) is 4.69. The molecule has 1 heterocycles. The van der Waals surface area contributed by atoms with E-state index in [9.17, 15) is 30.1 Å². The van der Waals surface area contributed by atoms with Crippen LogP contribution in [0, 0.1) is 20.2 Å². The summed E-state index contributed by atoms with van der Waals surface area (Å²) in [7, 11) is 0. The number of aliphatic carboxylic acids is 1. The summed E-state index contributed by atoms with van der Waals surface area (Å²) in [4.78, 5) is 31.0. The zero-order valence-corrected chi connectivity index (χ0v) is 10.4. The van der Waals surface area contributed by atoms with Gasteiger partial charge in [0.1, 0.15) is 0 Å². The van der Waals surface area contributed by atoms with Crippen LogP contribution in [0.15, 0.2) is 4.99 Å². The largest absolute Gasteiger partial charge is 1.00 e. The van der Waals surface area contributed by atoms with Crippen LogP contribution in [-0.4, -0.2) is 27.6 Å². The molecule has 0 aromatic heterocycles. The summed E-state index contributed by atoms with van der Waals surface area (Å²) < 4.78 is 0. The van der Waals surface area contributed by atoms with Crippen molar-refractivity contribution in [2.75, 3.05) is 0 Å². The SMILES string of the molecule is O=C([O-])C1([N+](=O)[O-])N=C([N+](=O)[O-])NN1.[K+]. The van der Waals surface area contributed by atoms with Crippen LogP contribution < -0.4 is 67.3 Å². The molecule has 0 aromatic rings. The van der Waals surface area contributed by atoms with Gasteiger partial charge in [0, 0.05) is 0 Å². The zero-order valence-electron chi connectivity index (χ0n) is 7.29. The number of carbonyl (C=O) groups excluding carboxylic acids is 1. The Morgan fingerprint density at radius 2 is 1.93 bits per heavy atom. The first kappa shape index (κ1) is 14.3. The minimum atomic E-state index is -3.04. The van der Waals surface area contributed by atoms with Crippen LogP contribution in [0.2, 0.25) is 0 Å². The Morgan fingerprint density at radius 3 is 2.13 bits per heavy atom. The van der Waals surface area contributed by atoms with Crippen LogP contribution in [0.4, 0.5) is 0 Å². The van der Waals surface area contributed by atoms with Gasteiger partial charge in [-0.15, -0.1) is 0 Å². The van der Waals surface area contributed by atoms with Gasteiger partial charge in [0.25, 0.3) is 0 Å². The molecule has 15 heavy (non-hydrogen) atoms. The van der Waals surface area contributed by atoms with Crippen molar-refractivity contribution < 1.29 is 71.1 Å². The molecule has 0 aromatic carbocycles. The molecule has 1 atom stereocenters. The molecule has 0 fully saturated rings. The van der Waals surface area contributed by atoms with E-state index in [4.69, 9.17) is 0 Å². The van der Waals surface area contributed by atoms with E-state index in [1.807, 2.05) is 0 Å². The molecule has 1 aliphatic rings. The average molecular weight is 243 g/mol. The number of nitrogens with one attached hydrogen (secondary N) is 2. The van der Waals surface area contributed by atoms with Gasteiger partial charge >= 0.3 is 63.1 Å². The number of nitrogens with zero attached hydrogens (tertiary/aromatic N) is 3. The smallest absolute Gasteiger partial charge is 0.539 e. The molecule has 0 radical (unpaired) electrons. The van der Waals surface area contributed by atoms with E-state index < -0.39 is 27.6 Å². The number of guanidine groups is 1. The summed E-state index contributed by atoms with van der Waals surface area (Å²) in [6.07, 6.45) is 0. The molecule has 76 valence electrons. The van der Waals surface area contributed by atoms with E-state index in [-0.39, 0.29) is 51.4 Å². The molecule has 11 nitrogen and oxygen atoms in total. The fourth-order valence-electron chi connectivity index (χ4n) is 0.696. The van der Waals surface area contributed by atoms with Crippen molar-refractivity contribution in [2.24, 2.45) is 4.99 Å². The minimum absolute atomic E-state index is 0. The van der Waals surface area contributed by atoms with Crippen LogP contribution in [0.3, 0.4) is 0 Å². The molecule has 0 bridgehead atoms. The van der Waals surface area contributed by atoms with Gasteiger partial charge in [-0.25, -0.2) is 0 Å². The predicted molar refractivity (Wildman–Crippen MR) is 35.4 cm³/mol. The van der Waals surface area contributed by atoms with Gasteiger partial charge < -0.3 is 20.0 Å². The first-order valence-corrected chi connectivity index (χ1v) is 3.03. The van der Waals surface area contributed by atoms with Gasteiger partial charge in [0.05, 0.1) is 4.92 Å². The quantitative estimate of drug-likeness (QED) is 0.274. The van der Waals surface area contributed by atoms with Gasteiger partial charge in [-0.05, 0) is 9.92 Å². The van der Waals surface area contributed by atoms with Crippen molar-refractivity contribution in [2.45, 2.75) is 5.79 Å². The number of hydrogen-bond donors (Lipinski definition) is 2. The third kappa shape index (κ3) is 2.47. The van der Waals surface area contributed by atoms with E-state index in [1.165, 1.54) is 0 Å². The summed E-state index contributed by atoms with van der Waals surface area (Å²) >= 11 is 0. The van der Waals surface area contributed by atoms with E-state index >= 15 is 0 Å². The molecule has 12 heteroatoms. The summed E-state index contributed by atoms with van der Waals surface area (Å²) in [5.41, 5.74) is 3.19. The number of aliphatic imine (C=N–C) groups is 1. The fourth-order valence-corrected chi connectivity index (χ4v) is 0.696. The summed E-state index contributed by atoms with van der Waals surface area (Å²) in [5, 5.41) is 30.7. The number of hydrazine groups is 1.